The molecule has 1 heterocycles. The quantitative estimate of drug-likeness (QED) is 0.569. The Morgan fingerprint density at radius 3 is 2.33 bits per heavy atom. The summed E-state index contributed by atoms with van der Waals surface area (Å²) in [6.07, 6.45) is 0. The van der Waals surface area contributed by atoms with Crippen molar-refractivity contribution in [2.24, 2.45) is 0 Å². The van der Waals surface area contributed by atoms with Gasteiger partial charge in [-0.3, -0.25) is 14.7 Å². The first-order valence-corrected chi connectivity index (χ1v) is 6.37. The van der Waals surface area contributed by atoms with Gasteiger partial charge in [0.25, 0.3) is 11.8 Å². The molecule has 0 aliphatic carbocycles. The van der Waals surface area contributed by atoms with Gasteiger partial charge in [0.1, 0.15) is 0 Å². The van der Waals surface area contributed by atoms with Crippen molar-refractivity contribution in [3.05, 3.63) is 41.2 Å². The first-order chi connectivity index (χ1) is 10.1. The van der Waals surface area contributed by atoms with Crippen LogP contribution in [0.25, 0.3) is 0 Å². The van der Waals surface area contributed by atoms with E-state index >= 15 is 0 Å². The Bertz CT molecular complexity index is 634. The topological polar surface area (TPSA) is 126 Å². The molecule has 0 saturated carbocycles. The number of rotatable bonds is 5. The zero-order valence-corrected chi connectivity index (χ0v) is 11.5. The summed E-state index contributed by atoms with van der Waals surface area (Å²) in [7, 11) is 0. The highest BCUT2D eigenvalue weighted by atomic mass is 16.2. The second kappa shape index (κ2) is 6.51. The van der Waals surface area contributed by atoms with Crippen molar-refractivity contribution < 1.29 is 9.59 Å². The van der Waals surface area contributed by atoms with E-state index in [0.29, 0.717) is 12.1 Å². The number of nitrogens with two attached hydrogens (primary N) is 1. The molecule has 21 heavy (non-hydrogen) atoms. The molecule has 8 nitrogen and oxygen atoms in total. The summed E-state index contributed by atoms with van der Waals surface area (Å²) >= 11 is 0. The molecule has 5 N–H and O–H groups in total. The largest absolute Gasteiger partial charge is 0.366 e. The van der Waals surface area contributed by atoms with E-state index in [1.807, 2.05) is 19.1 Å². The van der Waals surface area contributed by atoms with Crippen molar-refractivity contribution in [3.8, 4) is 0 Å². The third kappa shape index (κ3) is 4.03. The molecule has 2 amide bonds. The van der Waals surface area contributed by atoms with E-state index in [4.69, 9.17) is 5.73 Å². The SMILES string of the molecule is Cc1ccc(C(=O)NCCNC(=O)c2nc(N)n[nH]2)cc1. The van der Waals surface area contributed by atoms with Gasteiger partial charge in [-0.25, -0.2) is 0 Å². The molecule has 0 fully saturated rings. The van der Waals surface area contributed by atoms with Crippen molar-refractivity contribution in [2.75, 3.05) is 18.8 Å². The minimum absolute atomic E-state index is 0.00724. The number of nitrogens with one attached hydrogen (secondary N) is 3. The lowest BCUT2D eigenvalue weighted by Crippen LogP contribution is -2.35. The minimum Gasteiger partial charge on any atom is -0.366 e. The molecule has 2 aromatic rings. The number of nitrogens with zero attached hydrogens (tertiary/aromatic N) is 2. The Labute approximate surface area is 121 Å². The predicted molar refractivity (Wildman–Crippen MR) is 76.6 cm³/mol. The summed E-state index contributed by atoms with van der Waals surface area (Å²) in [5.74, 6) is -0.567. The fourth-order valence-electron chi connectivity index (χ4n) is 1.62. The van der Waals surface area contributed by atoms with Crippen LogP contribution in [0.5, 0.6) is 0 Å². The summed E-state index contributed by atoms with van der Waals surface area (Å²) in [6.45, 7) is 2.53. The van der Waals surface area contributed by atoms with E-state index in [2.05, 4.69) is 25.8 Å². The maximum absolute atomic E-state index is 11.8. The first-order valence-electron chi connectivity index (χ1n) is 6.37. The van der Waals surface area contributed by atoms with Crippen LogP contribution in [0.4, 0.5) is 5.95 Å². The fourth-order valence-corrected chi connectivity index (χ4v) is 1.62. The lowest BCUT2D eigenvalue weighted by Gasteiger charge is -2.06. The molecule has 8 heteroatoms. The number of carbonyl (C=O) groups is 2. The molecule has 0 bridgehead atoms. The number of amides is 2. The summed E-state index contributed by atoms with van der Waals surface area (Å²) in [4.78, 5) is 27.1. The van der Waals surface area contributed by atoms with E-state index in [1.54, 1.807) is 12.1 Å². The molecule has 110 valence electrons. The van der Waals surface area contributed by atoms with E-state index in [0.717, 1.165) is 5.56 Å². The Hall–Kier alpha value is -2.90. The van der Waals surface area contributed by atoms with Crippen LogP contribution in [0.15, 0.2) is 24.3 Å². The Kier molecular flexibility index (Phi) is 4.50. The van der Waals surface area contributed by atoms with Gasteiger partial charge in [-0.2, -0.15) is 4.98 Å². The molecule has 0 spiro atoms. The molecule has 0 aliphatic rings. The van der Waals surface area contributed by atoms with E-state index in [-0.39, 0.29) is 24.2 Å². The van der Waals surface area contributed by atoms with Gasteiger partial charge in [0.05, 0.1) is 0 Å². The average Bonchev–Trinajstić information content (AvgIpc) is 2.90. The zero-order valence-electron chi connectivity index (χ0n) is 11.5. The third-order valence-corrected chi connectivity index (χ3v) is 2.73. The smallest absolute Gasteiger partial charge is 0.288 e. The first kappa shape index (κ1) is 14.5. The monoisotopic (exact) mass is 288 g/mol. The van der Waals surface area contributed by atoms with Gasteiger partial charge in [0, 0.05) is 18.7 Å². The van der Waals surface area contributed by atoms with Gasteiger partial charge in [-0.05, 0) is 19.1 Å². The highest BCUT2D eigenvalue weighted by Gasteiger charge is 2.10. The van der Waals surface area contributed by atoms with Crippen LogP contribution >= 0.6 is 0 Å². The number of anilines is 1. The Morgan fingerprint density at radius 1 is 1.14 bits per heavy atom. The molecule has 0 unspecified atom stereocenters. The molecule has 0 aliphatic heterocycles. The van der Waals surface area contributed by atoms with E-state index < -0.39 is 5.91 Å². The van der Waals surface area contributed by atoms with Gasteiger partial charge in [0.2, 0.25) is 11.8 Å². The van der Waals surface area contributed by atoms with Crippen LogP contribution in [-0.2, 0) is 0 Å². The average molecular weight is 288 g/mol. The zero-order chi connectivity index (χ0) is 15.2. The molecular weight excluding hydrogens is 272 g/mol. The number of hydrogen-bond donors (Lipinski definition) is 4. The standard InChI is InChI=1S/C13H16N6O2/c1-8-2-4-9(5-3-8)11(20)15-6-7-16-12(21)10-17-13(14)19-18-10/h2-5H,6-7H2,1H3,(H,15,20)(H,16,21)(H3,14,17,18,19). The van der Waals surface area contributed by atoms with Gasteiger partial charge in [-0.15, -0.1) is 5.10 Å². The van der Waals surface area contributed by atoms with Gasteiger partial charge >= 0.3 is 0 Å². The maximum atomic E-state index is 11.8. The predicted octanol–water partition coefficient (Wildman–Crippen LogP) is -0.145. The Balaban J connectivity index is 1.73. The van der Waals surface area contributed by atoms with Crippen molar-refractivity contribution in [1.29, 1.82) is 0 Å². The van der Waals surface area contributed by atoms with Gasteiger partial charge < -0.3 is 16.4 Å². The number of aryl methyl sites for hydroxylation is 1. The number of H-pyrrole nitrogens is 1. The molecule has 2 rings (SSSR count). The van der Waals surface area contributed by atoms with Crippen molar-refractivity contribution in [2.45, 2.75) is 6.92 Å². The number of carbonyl (C=O) groups excluding carboxylic acids is 2. The van der Waals surface area contributed by atoms with Crippen molar-refractivity contribution in [1.82, 2.24) is 25.8 Å². The second-order valence-electron chi connectivity index (χ2n) is 4.42. The van der Waals surface area contributed by atoms with Crippen LogP contribution in [0.2, 0.25) is 0 Å². The highest BCUT2D eigenvalue weighted by Crippen LogP contribution is 2.02. The van der Waals surface area contributed by atoms with E-state index in [1.165, 1.54) is 0 Å². The van der Waals surface area contributed by atoms with Crippen molar-refractivity contribution >= 4 is 17.8 Å². The highest BCUT2D eigenvalue weighted by molar-refractivity contribution is 5.94. The second-order valence-corrected chi connectivity index (χ2v) is 4.42. The number of aromatic amines is 1. The molecule has 0 radical (unpaired) electrons. The summed E-state index contributed by atoms with van der Waals surface area (Å²) in [5.41, 5.74) is 6.96. The molecule has 0 atom stereocenters. The van der Waals surface area contributed by atoms with Gasteiger partial charge in [-0.1, -0.05) is 17.7 Å². The van der Waals surface area contributed by atoms with Crippen LogP contribution in [0.3, 0.4) is 0 Å². The van der Waals surface area contributed by atoms with Crippen LogP contribution < -0.4 is 16.4 Å². The Morgan fingerprint density at radius 2 is 1.76 bits per heavy atom. The lowest BCUT2D eigenvalue weighted by atomic mass is 10.1. The minimum atomic E-state index is -0.427. The number of benzene rings is 1. The lowest BCUT2D eigenvalue weighted by molar-refractivity contribution is 0.0922. The van der Waals surface area contributed by atoms with Gasteiger partial charge in [0.15, 0.2) is 0 Å². The molecule has 1 aromatic heterocycles. The maximum Gasteiger partial charge on any atom is 0.288 e. The number of hydrogen-bond acceptors (Lipinski definition) is 5. The summed E-state index contributed by atoms with van der Waals surface area (Å²) in [6, 6.07) is 7.23. The molecule has 0 saturated heterocycles. The van der Waals surface area contributed by atoms with Crippen molar-refractivity contribution in [3.63, 3.8) is 0 Å². The third-order valence-electron chi connectivity index (χ3n) is 2.73. The number of aromatic nitrogens is 3. The molecular formula is C13H16N6O2. The molecule has 1 aromatic carbocycles. The van der Waals surface area contributed by atoms with Crippen LogP contribution in [-0.4, -0.2) is 40.1 Å². The number of nitrogen functional groups attached to an aromatic ring is 1. The fraction of sp³-hybridized carbons (Fsp3) is 0.231. The van der Waals surface area contributed by atoms with Crippen LogP contribution in [0, 0.1) is 6.92 Å². The normalized spacial score (nSPS) is 10.1. The summed E-state index contributed by atoms with van der Waals surface area (Å²) in [5, 5.41) is 11.2. The summed E-state index contributed by atoms with van der Waals surface area (Å²) < 4.78 is 0. The van der Waals surface area contributed by atoms with E-state index in [9.17, 15) is 9.59 Å². The van der Waals surface area contributed by atoms with Crippen LogP contribution in [0.1, 0.15) is 26.5 Å².